The van der Waals surface area contributed by atoms with E-state index in [4.69, 9.17) is 0 Å². The third kappa shape index (κ3) is 2.70. The SMILES string of the molecule is CC(=O)Nn1c(-c2ccccc2)c(-c2ccccc2)c2ccccc21. The average Bonchev–Trinajstić information content (AvgIpc) is 2.97. The smallest absolute Gasteiger partial charge is 0.235 e. The molecule has 0 atom stereocenters. The van der Waals surface area contributed by atoms with Crippen LogP contribution >= 0.6 is 0 Å². The average molecular weight is 326 g/mol. The van der Waals surface area contributed by atoms with Crippen molar-refractivity contribution in [2.24, 2.45) is 0 Å². The molecule has 0 spiro atoms. The maximum atomic E-state index is 11.9. The Morgan fingerprint density at radius 1 is 0.760 bits per heavy atom. The summed E-state index contributed by atoms with van der Waals surface area (Å²) in [4.78, 5) is 11.9. The Balaban J connectivity index is 2.13. The Kier molecular flexibility index (Phi) is 3.82. The minimum Gasteiger partial charge on any atom is -0.274 e. The van der Waals surface area contributed by atoms with Crippen LogP contribution in [0.5, 0.6) is 0 Å². The van der Waals surface area contributed by atoms with Crippen LogP contribution in [0, 0.1) is 0 Å². The molecule has 0 radical (unpaired) electrons. The molecule has 0 unspecified atom stereocenters. The van der Waals surface area contributed by atoms with Gasteiger partial charge in [0.1, 0.15) is 0 Å². The van der Waals surface area contributed by atoms with Crippen molar-refractivity contribution in [2.45, 2.75) is 6.92 Å². The highest BCUT2D eigenvalue weighted by atomic mass is 16.2. The third-order valence-corrected chi connectivity index (χ3v) is 4.25. The summed E-state index contributed by atoms with van der Waals surface area (Å²) in [6, 6.07) is 28.6. The lowest BCUT2D eigenvalue weighted by molar-refractivity contribution is -0.115. The second kappa shape index (κ2) is 6.29. The van der Waals surface area contributed by atoms with Gasteiger partial charge in [0.25, 0.3) is 0 Å². The number of para-hydroxylation sites is 1. The van der Waals surface area contributed by atoms with Crippen LogP contribution in [0.15, 0.2) is 84.9 Å². The van der Waals surface area contributed by atoms with Crippen molar-refractivity contribution >= 4 is 16.8 Å². The van der Waals surface area contributed by atoms with E-state index < -0.39 is 0 Å². The highest BCUT2D eigenvalue weighted by Gasteiger charge is 2.20. The number of benzene rings is 3. The molecule has 4 aromatic rings. The van der Waals surface area contributed by atoms with Crippen LogP contribution in [0.3, 0.4) is 0 Å². The second-order valence-corrected chi connectivity index (χ2v) is 5.98. The molecule has 0 saturated heterocycles. The summed E-state index contributed by atoms with van der Waals surface area (Å²) in [6.07, 6.45) is 0. The first-order valence-electron chi connectivity index (χ1n) is 8.27. The van der Waals surface area contributed by atoms with Crippen LogP contribution in [0.4, 0.5) is 0 Å². The minimum absolute atomic E-state index is 0.0995. The molecular weight excluding hydrogens is 308 g/mol. The van der Waals surface area contributed by atoms with E-state index in [2.05, 4.69) is 35.8 Å². The molecule has 0 aliphatic rings. The van der Waals surface area contributed by atoms with Crippen molar-refractivity contribution in [3.8, 4) is 22.4 Å². The Bertz CT molecular complexity index is 1030. The Labute approximate surface area is 146 Å². The first-order valence-corrected chi connectivity index (χ1v) is 8.27. The van der Waals surface area contributed by atoms with Gasteiger partial charge in [0.2, 0.25) is 5.91 Å². The molecule has 0 bridgehead atoms. The summed E-state index contributed by atoms with van der Waals surface area (Å²) in [5, 5.41) is 1.11. The fourth-order valence-electron chi connectivity index (χ4n) is 3.28. The standard InChI is InChI=1S/C22H18N2O/c1-16(25)23-24-20-15-9-8-14-19(20)21(17-10-4-2-5-11-17)22(24)18-12-6-3-7-13-18/h2-15H,1H3,(H,23,25). The number of carbonyl (C=O) groups excluding carboxylic acids is 1. The molecule has 1 N–H and O–H groups in total. The number of hydrogen-bond acceptors (Lipinski definition) is 1. The molecule has 0 aliphatic heterocycles. The summed E-state index contributed by atoms with van der Waals surface area (Å²) in [5.41, 5.74) is 8.26. The molecule has 0 saturated carbocycles. The van der Waals surface area contributed by atoms with Crippen LogP contribution in [0.2, 0.25) is 0 Å². The van der Waals surface area contributed by atoms with E-state index in [9.17, 15) is 4.79 Å². The monoisotopic (exact) mass is 326 g/mol. The van der Waals surface area contributed by atoms with E-state index >= 15 is 0 Å². The Morgan fingerprint density at radius 3 is 1.96 bits per heavy atom. The van der Waals surface area contributed by atoms with E-state index in [1.54, 1.807) is 0 Å². The molecule has 1 heterocycles. The summed E-state index contributed by atoms with van der Waals surface area (Å²) >= 11 is 0. The van der Waals surface area contributed by atoms with Gasteiger partial charge in [-0.2, -0.15) is 0 Å². The third-order valence-electron chi connectivity index (χ3n) is 4.25. The van der Waals surface area contributed by atoms with Crippen molar-refractivity contribution in [1.29, 1.82) is 0 Å². The minimum atomic E-state index is -0.0995. The quantitative estimate of drug-likeness (QED) is 0.560. The molecular formula is C22H18N2O. The first kappa shape index (κ1) is 15.2. The number of carbonyl (C=O) groups is 1. The van der Waals surface area contributed by atoms with E-state index in [1.165, 1.54) is 6.92 Å². The van der Waals surface area contributed by atoms with Crippen molar-refractivity contribution in [2.75, 3.05) is 5.43 Å². The Hall–Kier alpha value is -3.33. The number of aromatic nitrogens is 1. The molecule has 3 aromatic carbocycles. The van der Waals surface area contributed by atoms with Gasteiger partial charge in [0, 0.05) is 23.4 Å². The van der Waals surface area contributed by atoms with E-state index in [0.717, 1.165) is 33.3 Å². The largest absolute Gasteiger partial charge is 0.274 e. The zero-order chi connectivity index (χ0) is 17.2. The maximum absolute atomic E-state index is 11.9. The number of rotatable bonds is 3. The lowest BCUT2D eigenvalue weighted by Crippen LogP contribution is -2.20. The molecule has 1 aromatic heterocycles. The van der Waals surface area contributed by atoms with Gasteiger partial charge in [-0.1, -0.05) is 78.9 Å². The molecule has 1 amide bonds. The van der Waals surface area contributed by atoms with Gasteiger partial charge in [-0.25, -0.2) is 0 Å². The summed E-state index contributed by atoms with van der Waals surface area (Å²) in [7, 11) is 0. The number of amides is 1. The molecule has 3 nitrogen and oxygen atoms in total. The summed E-state index contributed by atoms with van der Waals surface area (Å²) < 4.78 is 1.90. The van der Waals surface area contributed by atoms with Crippen LogP contribution in [-0.4, -0.2) is 10.6 Å². The van der Waals surface area contributed by atoms with Crippen LogP contribution in [0.1, 0.15) is 6.92 Å². The fraction of sp³-hybridized carbons (Fsp3) is 0.0455. The molecule has 0 aliphatic carbocycles. The molecule has 122 valence electrons. The zero-order valence-corrected chi connectivity index (χ0v) is 13.9. The van der Waals surface area contributed by atoms with Gasteiger partial charge < -0.3 is 0 Å². The second-order valence-electron chi connectivity index (χ2n) is 5.98. The summed E-state index contributed by atoms with van der Waals surface area (Å²) in [5.74, 6) is -0.0995. The van der Waals surface area contributed by atoms with E-state index in [1.807, 2.05) is 59.3 Å². The zero-order valence-electron chi connectivity index (χ0n) is 13.9. The van der Waals surface area contributed by atoms with Crippen LogP contribution in [-0.2, 0) is 4.79 Å². The summed E-state index contributed by atoms with van der Waals surface area (Å²) in [6.45, 7) is 1.53. The first-order chi connectivity index (χ1) is 12.3. The molecule has 25 heavy (non-hydrogen) atoms. The van der Waals surface area contributed by atoms with Gasteiger partial charge in [-0.05, 0) is 11.6 Å². The number of fused-ring (bicyclic) bond motifs is 1. The van der Waals surface area contributed by atoms with Crippen molar-refractivity contribution in [1.82, 2.24) is 4.68 Å². The predicted molar refractivity (Wildman–Crippen MR) is 103 cm³/mol. The predicted octanol–water partition coefficient (Wildman–Crippen LogP) is 5.07. The number of nitrogens with one attached hydrogen (secondary N) is 1. The number of nitrogens with zero attached hydrogens (tertiary/aromatic N) is 1. The van der Waals surface area contributed by atoms with Gasteiger partial charge in [0.05, 0.1) is 11.2 Å². The highest BCUT2D eigenvalue weighted by Crippen LogP contribution is 2.40. The number of hydrogen-bond donors (Lipinski definition) is 1. The highest BCUT2D eigenvalue weighted by molar-refractivity contribution is 6.05. The van der Waals surface area contributed by atoms with Crippen molar-refractivity contribution in [3.63, 3.8) is 0 Å². The van der Waals surface area contributed by atoms with Crippen molar-refractivity contribution < 1.29 is 4.79 Å². The van der Waals surface area contributed by atoms with Gasteiger partial charge >= 0.3 is 0 Å². The molecule has 0 fully saturated rings. The van der Waals surface area contributed by atoms with Crippen molar-refractivity contribution in [3.05, 3.63) is 84.9 Å². The Morgan fingerprint density at radius 2 is 1.32 bits per heavy atom. The van der Waals surface area contributed by atoms with Gasteiger partial charge in [-0.3, -0.25) is 14.9 Å². The molecule has 3 heteroatoms. The lowest BCUT2D eigenvalue weighted by atomic mass is 9.98. The maximum Gasteiger partial charge on any atom is 0.235 e. The van der Waals surface area contributed by atoms with Gasteiger partial charge in [0.15, 0.2) is 0 Å². The van der Waals surface area contributed by atoms with Crippen LogP contribution in [0.25, 0.3) is 33.3 Å². The topological polar surface area (TPSA) is 34.0 Å². The molecule has 4 rings (SSSR count). The fourth-order valence-corrected chi connectivity index (χ4v) is 3.28. The normalized spacial score (nSPS) is 10.8. The van der Waals surface area contributed by atoms with Crippen LogP contribution < -0.4 is 5.43 Å². The van der Waals surface area contributed by atoms with E-state index in [-0.39, 0.29) is 5.91 Å². The van der Waals surface area contributed by atoms with Gasteiger partial charge in [-0.15, -0.1) is 0 Å². The van der Waals surface area contributed by atoms with E-state index in [0.29, 0.717) is 0 Å². The lowest BCUT2D eigenvalue weighted by Gasteiger charge is -2.13.